The van der Waals surface area contributed by atoms with Crippen LogP contribution in [0.4, 0.5) is 4.79 Å². The number of aliphatic imine (C=N–C) groups is 1. The number of guanidine groups is 1. The Hall–Kier alpha value is -1.99. The fourth-order valence-electron chi connectivity index (χ4n) is 1.89. The summed E-state index contributed by atoms with van der Waals surface area (Å²) in [6.45, 7) is 14.2. The molecule has 0 spiro atoms. The van der Waals surface area contributed by atoms with Gasteiger partial charge in [0.1, 0.15) is 5.60 Å². The average Bonchev–Trinajstić information content (AvgIpc) is 2.47. The molecular weight excluding hydrogens is 334 g/mol. The largest absolute Gasteiger partial charge is 0.444 e. The van der Waals surface area contributed by atoms with Gasteiger partial charge in [-0.15, -0.1) is 0 Å². The zero-order valence-electron chi connectivity index (χ0n) is 17.6. The third-order valence-electron chi connectivity index (χ3n) is 3.42. The number of amides is 2. The zero-order chi connectivity index (χ0) is 20.4. The van der Waals surface area contributed by atoms with Gasteiger partial charge >= 0.3 is 6.09 Å². The molecule has 26 heavy (non-hydrogen) atoms. The third-order valence-corrected chi connectivity index (χ3v) is 3.42. The van der Waals surface area contributed by atoms with E-state index in [0.717, 1.165) is 6.42 Å². The van der Waals surface area contributed by atoms with Gasteiger partial charge in [0.05, 0.1) is 5.54 Å². The molecule has 0 heterocycles. The van der Waals surface area contributed by atoms with Crippen LogP contribution in [0.3, 0.4) is 0 Å². The third kappa shape index (κ3) is 12.4. The Bertz CT molecular complexity index is 484. The first kappa shape index (κ1) is 24.0. The van der Waals surface area contributed by atoms with Crippen molar-refractivity contribution in [2.24, 2.45) is 4.99 Å². The second-order valence-electron chi connectivity index (χ2n) is 7.99. The van der Waals surface area contributed by atoms with E-state index in [1.54, 1.807) is 7.05 Å². The molecule has 0 aromatic heterocycles. The van der Waals surface area contributed by atoms with E-state index in [4.69, 9.17) is 4.74 Å². The number of alkyl carbamates (subject to hydrolysis) is 1. The number of hydrogen-bond donors (Lipinski definition) is 4. The maximum absolute atomic E-state index is 11.9. The standard InChI is InChI=1S/C18H37N5O3/c1-9-13(2)22-14(24)10-11-20-15(19-8)21-12-18(6,7)23-16(25)26-17(3,4)5/h13H,9-12H2,1-8H3,(H,22,24)(H,23,25)(H2,19,20,21). The molecule has 1 atom stereocenters. The Morgan fingerprint density at radius 2 is 1.73 bits per heavy atom. The van der Waals surface area contributed by atoms with Crippen LogP contribution in [0, 0.1) is 0 Å². The highest BCUT2D eigenvalue weighted by Gasteiger charge is 2.24. The lowest BCUT2D eigenvalue weighted by atomic mass is 10.1. The van der Waals surface area contributed by atoms with Crippen molar-refractivity contribution in [2.45, 2.75) is 78.5 Å². The molecule has 0 aromatic carbocycles. The van der Waals surface area contributed by atoms with Gasteiger partial charge in [0.25, 0.3) is 0 Å². The summed E-state index contributed by atoms with van der Waals surface area (Å²) in [7, 11) is 1.66. The molecule has 152 valence electrons. The SMILES string of the molecule is CCC(C)NC(=O)CCNC(=NC)NCC(C)(C)NC(=O)OC(C)(C)C. The number of rotatable bonds is 8. The van der Waals surface area contributed by atoms with Crippen LogP contribution in [0.15, 0.2) is 4.99 Å². The molecule has 8 heteroatoms. The van der Waals surface area contributed by atoms with Crippen molar-refractivity contribution in [1.82, 2.24) is 21.3 Å². The highest BCUT2D eigenvalue weighted by molar-refractivity contribution is 5.81. The lowest BCUT2D eigenvalue weighted by Gasteiger charge is -2.29. The molecule has 0 saturated heterocycles. The number of ether oxygens (including phenoxy) is 1. The van der Waals surface area contributed by atoms with Crippen LogP contribution in [0.25, 0.3) is 0 Å². The summed E-state index contributed by atoms with van der Waals surface area (Å²) in [5, 5.41) is 12.0. The predicted molar refractivity (Wildman–Crippen MR) is 105 cm³/mol. The maximum atomic E-state index is 11.9. The molecule has 0 aromatic rings. The van der Waals surface area contributed by atoms with Gasteiger partial charge in [-0.05, 0) is 48.0 Å². The number of nitrogens with one attached hydrogen (secondary N) is 4. The molecular formula is C18H37N5O3. The Balaban J connectivity index is 4.27. The Morgan fingerprint density at radius 1 is 1.12 bits per heavy atom. The lowest BCUT2D eigenvalue weighted by Crippen LogP contribution is -2.54. The second-order valence-corrected chi connectivity index (χ2v) is 7.99. The highest BCUT2D eigenvalue weighted by atomic mass is 16.6. The van der Waals surface area contributed by atoms with Crippen LogP contribution in [-0.2, 0) is 9.53 Å². The van der Waals surface area contributed by atoms with Gasteiger partial charge in [0.2, 0.25) is 5.91 Å². The van der Waals surface area contributed by atoms with Gasteiger partial charge in [-0.1, -0.05) is 6.92 Å². The average molecular weight is 372 g/mol. The summed E-state index contributed by atoms with van der Waals surface area (Å²) in [5.74, 6) is 0.578. The fourth-order valence-corrected chi connectivity index (χ4v) is 1.89. The lowest BCUT2D eigenvalue weighted by molar-refractivity contribution is -0.121. The maximum Gasteiger partial charge on any atom is 0.408 e. The van der Waals surface area contributed by atoms with E-state index in [2.05, 4.69) is 26.3 Å². The summed E-state index contributed by atoms with van der Waals surface area (Å²) in [6, 6.07) is 0.180. The number of hydrogen-bond acceptors (Lipinski definition) is 4. The molecule has 0 aliphatic heterocycles. The minimum Gasteiger partial charge on any atom is -0.444 e. The van der Waals surface area contributed by atoms with E-state index < -0.39 is 17.2 Å². The summed E-state index contributed by atoms with van der Waals surface area (Å²) in [4.78, 5) is 27.8. The van der Waals surface area contributed by atoms with Gasteiger partial charge in [-0.2, -0.15) is 0 Å². The summed E-state index contributed by atoms with van der Waals surface area (Å²) >= 11 is 0. The fraction of sp³-hybridized carbons (Fsp3) is 0.833. The molecule has 4 N–H and O–H groups in total. The summed E-state index contributed by atoms with van der Waals surface area (Å²) < 4.78 is 5.27. The van der Waals surface area contributed by atoms with Crippen molar-refractivity contribution in [2.75, 3.05) is 20.1 Å². The molecule has 0 rings (SSSR count). The first-order valence-corrected chi connectivity index (χ1v) is 9.13. The minimum atomic E-state index is -0.541. The van der Waals surface area contributed by atoms with E-state index >= 15 is 0 Å². The van der Waals surface area contributed by atoms with Crippen LogP contribution >= 0.6 is 0 Å². The second kappa shape index (κ2) is 10.9. The molecule has 0 aliphatic rings. The molecule has 2 amide bonds. The molecule has 8 nitrogen and oxygen atoms in total. The van der Waals surface area contributed by atoms with Crippen molar-refractivity contribution < 1.29 is 14.3 Å². The normalized spacial score (nSPS) is 13.6. The predicted octanol–water partition coefficient (Wildman–Crippen LogP) is 1.76. The summed E-state index contributed by atoms with van der Waals surface area (Å²) in [5.41, 5.74) is -1.07. The van der Waals surface area contributed by atoms with Crippen molar-refractivity contribution >= 4 is 18.0 Å². The van der Waals surface area contributed by atoms with Gasteiger partial charge < -0.3 is 26.0 Å². The number of carbonyl (C=O) groups is 2. The van der Waals surface area contributed by atoms with Crippen LogP contribution in [0.2, 0.25) is 0 Å². The molecule has 0 radical (unpaired) electrons. The van der Waals surface area contributed by atoms with E-state index in [9.17, 15) is 9.59 Å². The van der Waals surface area contributed by atoms with Gasteiger partial charge in [-0.25, -0.2) is 4.79 Å². The number of carbonyl (C=O) groups excluding carboxylic acids is 2. The smallest absolute Gasteiger partial charge is 0.408 e. The Kier molecular flexibility index (Phi) is 10.0. The molecule has 0 aliphatic carbocycles. The van der Waals surface area contributed by atoms with E-state index in [-0.39, 0.29) is 11.9 Å². The van der Waals surface area contributed by atoms with E-state index in [0.29, 0.717) is 25.5 Å². The van der Waals surface area contributed by atoms with Crippen LogP contribution in [-0.4, -0.2) is 55.3 Å². The Morgan fingerprint density at radius 3 is 2.23 bits per heavy atom. The van der Waals surface area contributed by atoms with Crippen molar-refractivity contribution in [1.29, 1.82) is 0 Å². The van der Waals surface area contributed by atoms with E-state index in [1.165, 1.54) is 0 Å². The monoisotopic (exact) mass is 371 g/mol. The first-order valence-electron chi connectivity index (χ1n) is 9.13. The van der Waals surface area contributed by atoms with E-state index in [1.807, 2.05) is 48.5 Å². The quantitative estimate of drug-likeness (QED) is 0.384. The van der Waals surface area contributed by atoms with Gasteiger partial charge in [0.15, 0.2) is 5.96 Å². The van der Waals surface area contributed by atoms with Crippen LogP contribution < -0.4 is 21.3 Å². The Labute approximate surface area is 157 Å². The number of nitrogens with zero attached hydrogens (tertiary/aromatic N) is 1. The first-order chi connectivity index (χ1) is 11.9. The molecule has 0 saturated carbocycles. The molecule has 1 unspecified atom stereocenters. The van der Waals surface area contributed by atoms with Gasteiger partial charge in [0, 0.05) is 32.6 Å². The van der Waals surface area contributed by atoms with Crippen LogP contribution in [0.1, 0.15) is 61.3 Å². The van der Waals surface area contributed by atoms with Crippen LogP contribution in [0.5, 0.6) is 0 Å². The minimum absolute atomic E-state index is 0.00854. The van der Waals surface area contributed by atoms with Gasteiger partial charge in [-0.3, -0.25) is 9.79 Å². The highest BCUT2D eigenvalue weighted by Crippen LogP contribution is 2.09. The summed E-state index contributed by atoms with van der Waals surface area (Å²) in [6.07, 6.45) is 0.807. The zero-order valence-corrected chi connectivity index (χ0v) is 17.6. The van der Waals surface area contributed by atoms with Crippen molar-refractivity contribution in [3.63, 3.8) is 0 Å². The molecule has 0 fully saturated rings. The van der Waals surface area contributed by atoms with Crippen molar-refractivity contribution in [3.8, 4) is 0 Å². The topological polar surface area (TPSA) is 104 Å². The molecule has 0 bridgehead atoms. The van der Waals surface area contributed by atoms with Crippen molar-refractivity contribution in [3.05, 3.63) is 0 Å².